The summed E-state index contributed by atoms with van der Waals surface area (Å²) in [6, 6.07) is 12.8. The Morgan fingerprint density at radius 1 is 0.844 bits per heavy atom. The number of methoxy groups -OCH3 is 3. The fourth-order valence-electron chi connectivity index (χ4n) is 4.77. The van der Waals surface area contributed by atoms with Crippen molar-refractivity contribution in [1.29, 1.82) is 0 Å². The molecule has 4 rings (SSSR count). The molecular weight excluding hydrogens is 408 g/mol. The highest BCUT2D eigenvalue weighted by molar-refractivity contribution is 5.95. The molecule has 2 aromatic carbocycles. The second-order valence-corrected chi connectivity index (χ2v) is 8.30. The first-order chi connectivity index (χ1) is 15.5. The van der Waals surface area contributed by atoms with Gasteiger partial charge < -0.3 is 24.0 Å². The first kappa shape index (κ1) is 22.0. The summed E-state index contributed by atoms with van der Waals surface area (Å²) < 4.78 is 16.3. The summed E-state index contributed by atoms with van der Waals surface area (Å²) >= 11 is 0. The molecule has 2 aromatic rings. The summed E-state index contributed by atoms with van der Waals surface area (Å²) in [5.41, 5.74) is 1.48. The molecule has 170 valence electrons. The van der Waals surface area contributed by atoms with E-state index in [4.69, 9.17) is 14.2 Å². The number of ether oxygens (including phenoxy) is 3. The van der Waals surface area contributed by atoms with Gasteiger partial charge in [-0.05, 0) is 37.1 Å². The van der Waals surface area contributed by atoms with E-state index in [1.807, 2.05) is 29.2 Å². The van der Waals surface area contributed by atoms with Crippen LogP contribution in [0.4, 0.5) is 0 Å². The van der Waals surface area contributed by atoms with Gasteiger partial charge in [-0.3, -0.25) is 9.59 Å². The smallest absolute Gasteiger partial charge is 0.254 e. The van der Waals surface area contributed by atoms with Gasteiger partial charge in [-0.2, -0.15) is 0 Å². The van der Waals surface area contributed by atoms with Gasteiger partial charge in [-0.15, -0.1) is 0 Å². The molecule has 7 nitrogen and oxygen atoms in total. The lowest BCUT2D eigenvalue weighted by atomic mass is 9.87. The topological polar surface area (TPSA) is 68.3 Å². The van der Waals surface area contributed by atoms with E-state index in [0.29, 0.717) is 35.9 Å². The third kappa shape index (κ3) is 4.24. The maximum Gasteiger partial charge on any atom is 0.254 e. The maximum absolute atomic E-state index is 13.5. The fraction of sp³-hybridized carbons (Fsp3) is 0.440. The highest BCUT2D eigenvalue weighted by Gasteiger charge is 2.43. The van der Waals surface area contributed by atoms with E-state index in [1.165, 1.54) is 0 Å². The zero-order valence-corrected chi connectivity index (χ0v) is 18.9. The van der Waals surface area contributed by atoms with Crippen molar-refractivity contribution in [3.05, 3.63) is 53.6 Å². The van der Waals surface area contributed by atoms with Gasteiger partial charge >= 0.3 is 0 Å². The number of carbonyl (C=O) groups excluding carboxylic acids is 2. The van der Waals surface area contributed by atoms with Gasteiger partial charge in [0.1, 0.15) is 17.2 Å². The van der Waals surface area contributed by atoms with Crippen LogP contribution in [0.2, 0.25) is 0 Å². The largest absolute Gasteiger partial charge is 0.497 e. The van der Waals surface area contributed by atoms with Crippen LogP contribution in [0.15, 0.2) is 42.5 Å². The number of nitrogens with zero attached hydrogens (tertiary/aromatic N) is 2. The van der Waals surface area contributed by atoms with Crippen LogP contribution in [0.5, 0.6) is 17.2 Å². The molecule has 0 bridgehead atoms. The van der Waals surface area contributed by atoms with Crippen LogP contribution in [0.1, 0.15) is 34.7 Å². The Balaban J connectivity index is 1.66. The molecule has 2 fully saturated rings. The van der Waals surface area contributed by atoms with Crippen molar-refractivity contribution in [3.8, 4) is 17.2 Å². The van der Waals surface area contributed by atoms with Crippen molar-refractivity contribution in [1.82, 2.24) is 9.80 Å². The van der Waals surface area contributed by atoms with E-state index in [1.54, 1.807) is 44.4 Å². The van der Waals surface area contributed by atoms with Crippen LogP contribution in [0, 0.1) is 5.92 Å². The average Bonchev–Trinajstić information content (AvgIpc) is 3.53. The molecule has 2 aliphatic heterocycles. The SMILES string of the molecule is COc1cccc(C(=O)N2C[C@H](c3ccc(OC)cc3OC)[C@H](C(=O)N3CCCC3)C2)c1. The van der Waals surface area contributed by atoms with Crippen LogP contribution < -0.4 is 14.2 Å². The van der Waals surface area contributed by atoms with Crippen LogP contribution in [0.3, 0.4) is 0 Å². The molecule has 32 heavy (non-hydrogen) atoms. The Bertz CT molecular complexity index is 986. The van der Waals surface area contributed by atoms with Crippen molar-refractivity contribution in [2.75, 3.05) is 47.5 Å². The zero-order chi connectivity index (χ0) is 22.7. The molecule has 2 atom stereocenters. The summed E-state index contributed by atoms with van der Waals surface area (Å²) in [4.78, 5) is 30.5. The Kier molecular flexibility index (Phi) is 6.53. The number of hydrogen-bond acceptors (Lipinski definition) is 5. The third-order valence-corrected chi connectivity index (χ3v) is 6.50. The van der Waals surface area contributed by atoms with Gasteiger partial charge in [0.25, 0.3) is 5.91 Å². The van der Waals surface area contributed by atoms with Gasteiger partial charge in [0, 0.05) is 49.3 Å². The normalized spacial score (nSPS) is 20.3. The zero-order valence-electron chi connectivity index (χ0n) is 18.9. The lowest BCUT2D eigenvalue weighted by molar-refractivity contribution is -0.134. The molecule has 2 heterocycles. The lowest BCUT2D eigenvalue weighted by Gasteiger charge is -2.25. The van der Waals surface area contributed by atoms with Gasteiger partial charge in [0.2, 0.25) is 5.91 Å². The molecule has 2 saturated heterocycles. The van der Waals surface area contributed by atoms with Crippen molar-refractivity contribution in [3.63, 3.8) is 0 Å². The first-order valence-corrected chi connectivity index (χ1v) is 11.0. The van der Waals surface area contributed by atoms with Gasteiger partial charge in [-0.1, -0.05) is 12.1 Å². The number of amides is 2. The van der Waals surface area contributed by atoms with E-state index < -0.39 is 0 Å². The number of likely N-dealkylation sites (tertiary alicyclic amines) is 2. The van der Waals surface area contributed by atoms with Crippen LogP contribution >= 0.6 is 0 Å². The molecule has 0 aliphatic carbocycles. The van der Waals surface area contributed by atoms with Crippen molar-refractivity contribution < 1.29 is 23.8 Å². The van der Waals surface area contributed by atoms with Crippen LogP contribution in [0.25, 0.3) is 0 Å². The van der Waals surface area contributed by atoms with E-state index in [2.05, 4.69) is 0 Å². The first-order valence-electron chi connectivity index (χ1n) is 11.0. The minimum absolute atomic E-state index is 0.0990. The monoisotopic (exact) mass is 438 g/mol. The van der Waals surface area contributed by atoms with Gasteiger partial charge in [0.05, 0.1) is 27.2 Å². The lowest BCUT2D eigenvalue weighted by Crippen LogP contribution is -2.37. The summed E-state index contributed by atoms with van der Waals surface area (Å²) in [5.74, 6) is 1.54. The van der Waals surface area contributed by atoms with Crippen LogP contribution in [-0.4, -0.2) is 69.1 Å². The van der Waals surface area contributed by atoms with Gasteiger partial charge in [-0.25, -0.2) is 0 Å². The average molecular weight is 439 g/mol. The Labute approximate surface area is 188 Å². The van der Waals surface area contributed by atoms with E-state index in [-0.39, 0.29) is 23.7 Å². The summed E-state index contributed by atoms with van der Waals surface area (Å²) in [7, 11) is 4.80. The Morgan fingerprint density at radius 2 is 1.56 bits per heavy atom. The highest BCUT2D eigenvalue weighted by atomic mass is 16.5. The number of hydrogen-bond donors (Lipinski definition) is 0. The second-order valence-electron chi connectivity index (χ2n) is 8.30. The Hall–Kier alpha value is -3.22. The molecule has 0 spiro atoms. The molecule has 0 aromatic heterocycles. The standard InChI is InChI=1S/C25H30N2O5/c1-30-18-8-6-7-17(13-18)24(28)27-15-21(20-10-9-19(31-2)14-23(20)32-3)22(16-27)25(29)26-11-4-5-12-26/h6-10,13-14,21-22H,4-5,11-12,15-16H2,1-3H3/t21-,22-/m1/s1. The van der Waals surface area contributed by atoms with E-state index in [9.17, 15) is 9.59 Å². The van der Waals surface area contributed by atoms with E-state index in [0.717, 1.165) is 31.5 Å². The number of benzene rings is 2. The predicted molar refractivity (Wildman–Crippen MR) is 120 cm³/mol. The molecule has 0 unspecified atom stereocenters. The minimum Gasteiger partial charge on any atom is -0.497 e. The number of rotatable bonds is 6. The molecule has 2 aliphatic rings. The quantitative estimate of drug-likeness (QED) is 0.693. The maximum atomic E-state index is 13.5. The van der Waals surface area contributed by atoms with Crippen molar-refractivity contribution in [2.45, 2.75) is 18.8 Å². The minimum atomic E-state index is -0.315. The predicted octanol–water partition coefficient (Wildman–Crippen LogP) is 3.19. The summed E-state index contributed by atoms with van der Waals surface area (Å²) in [6.45, 7) is 2.39. The van der Waals surface area contributed by atoms with Crippen molar-refractivity contribution >= 4 is 11.8 Å². The third-order valence-electron chi connectivity index (χ3n) is 6.50. The molecular formula is C25H30N2O5. The van der Waals surface area contributed by atoms with E-state index >= 15 is 0 Å². The molecule has 7 heteroatoms. The molecule has 0 radical (unpaired) electrons. The fourth-order valence-corrected chi connectivity index (χ4v) is 4.77. The Morgan fingerprint density at radius 3 is 2.25 bits per heavy atom. The second kappa shape index (κ2) is 9.51. The van der Waals surface area contributed by atoms with Gasteiger partial charge in [0.15, 0.2) is 0 Å². The molecule has 0 saturated carbocycles. The number of carbonyl (C=O) groups is 2. The molecule has 0 N–H and O–H groups in total. The summed E-state index contributed by atoms with van der Waals surface area (Å²) in [5, 5.41) is 0. The highest BCUT2D eigenvalue weighted by Crippen LogP contribution is 2.40. The van der Waals surface area contributed by atoms with Crippen LogP contribution in [-0.2, 0) is 4.79 Å². The van der Waals surface area contributed by atoms with Crippen molar-refractivity contribution in [2.24, 2.45) is 5.92 Å². The summed E-state index contributed by atoms with van der Waals surface area (Å²) in [6.07, 6.45) is 2.06. The molecule has 2 amide bonds.